The van der Waals surface area contributed by atoms with Gasteiger partial charge in [0, 0.05) is 5.56 Å². The molecule has 0 aliphatic heterocycles. The largest absolute Gasteiger partial charge is 0.271 e. The number of hydrazine groups is 1. The Bertz CT molecular complexity index is 315. The first-order chi connectivity index (χ1) is 6.56. The number of hydrogen-bond donors (Lipinski definition) is 2. The number of rotatable bonds is 3. The molecular formula is C9H11F3N2. The van der Waals surface area contributed by atoms with Gasteiger partial charge in [0.1, 0.15) is 11.9 Å². The smallest absolute Gasteiger partial charge is 0.259 e. The number of benzene rings is 1. The van der Waals surface area contributed by atoms with Crippen LogP contribution in [0.2, 0.25) is 0 Å². The molecule has 0 fully saturated rings. The normalized spacial score (nSPS) is 13.3. The Kier molecular flexibility index (Phi) is 3.49. The van der Waals surface area contributed by atoms with E-state index in [0.717, 1.165) is 6.07 Å². The lowest BCUT2D eigenvalue weighted by molar-refractivity contribution is 0.0969. The van der Waals surface area contributed by atoms with Crippen molar-refractivity contribution in [1.82, 2.24) is 5.43 Å². The molecule has 0 heterocycles. The van der Waals surface area contributed by atoms with Crippen LogP contribution < -0.4 is 11.3 Å². The molecule has 1 rings (SSSR count). The summed E-state index contributed by atoms with van der Waals surface area (Å²) in [6.45, 7) is 1.70. The predicted octanol–water partition coefficient (Wildman–Crippen LogP) is 1.90. The number of aryl methyl sites for hydroxylation is 1. The van der Waals surface area contributed by atoms with Gasteiger partial charge in [-0.15, -0.1) is 0 Å². The van der Waals surface area contributed by atoms with Crippen molar-refractivity contribution >= 4 is 0 Å². The predicted molar refractivity (Wildman–Crippen MR) is 47.2 cm³/mol. The van der Waals surface area contributed by atoms with Gasteiger partial charge in [0.15, 0.2) is 0 Å². The zero-order valence-corrected chi connectivity index (χ0v) is 7.60. The third-order valence-corrected chi connectivity index (χ3v) is 1.92. The van der Waals surface area contributed by atoms with Crippen molar-refractivity contribution in [1.29, 1.82) is 0 Å². The highest BCUT2D eigenvalue weighted by atomic mass is 19.3. The van der Waals surface area contributed by atoms with E-state index in [-0.39, 0.29) is 5.56 Å². The molecule has 14 heavy (non-hydrogen) atoms. The number of halogens is 3. The third kappa shape index (κ3) is 2.24. The molecular weight excluding hydrogens is 193 g/mol. The van der Waals surface area contributed by atoms with Crippen LogP contribution in [0.1, 0.15) is 17.2 Å². The number of hydrogen-bond acceptors (Lipinski definition) is 2. The van der Waals surface area contributed by atoms with Crippen LogP contribution in [0.4, 0.5) is 13.2 Å². The summed E-state index contributed by atoms with van der Waals surface area (Å²) in [5.74, 6) is 4.25. The van der Waals surface area contributed by atoms with Crippen molar-refractivity contribution in [3.05, 3.63) is 35.1 Å². The van der Waals surface area contributed by atoms with E-state index in [0.29, 0.717) is 5.56 Å². The lowest BCUT2D eigenvalue weighted by Gasteiger charge is -2.16. The Balaban J connectivity index is 3.08. The molecule has 0 amide bonds. The molecule has 1 unspecified atom stereocenters. The first-order valence-electron chi connectivity index (χ1n) is 4.06. The van der Waals surface area contributed by atoms with Crippen LogP contribution in [0.5, 0.6) is 0 Å². The quantitative estimate of drug-likeness (QED) is 0.583. The molecule has 0 spiro atoms. The standard InChI is InChI=1S/C9H11F3N2/c1-5-2-3-7(10)6(4-5)8(14-13)9(11)12/h2-4,8-9,14H,13H2,1H3. The fourth-order valence-electron chi connectivity index (χ4n) is 1.20. The Morgan fingerprint density at radius 3 is 2.50 bits per heavy atom. The van der Waals surface area contributed by atoms with E-state index in [2.05, 4.69) is 0 Å². The summed E-state index contributed by atoms with van der Waals surface area (Å²) in [4.78, 5) is 0. The molecule has 0 aliphatic rings. The van der Waals surface area contributed by atoms with Gasteiger partial charge in [-0.3, -0.25) is 5.84 Å². The van der Waals surface area contributed by atoms with E-state index in [1.54, 1.807) is 6.92 Å². The lowest BCUT2D eigenvalue weighted by atomic mass is 10.0. The van der Waals surface area contributed by atoms with Gasteiger partial charge in [0.25, 0.3) is 6.43 Å². The molecule has 0 aromatic heterocycles. The van der Waals surface area contributed by atoms with Gasteiger partial charge in [-0.05, 0) is 13.0 Å². The number of alkyl halides is 2. The first-order valence-corrected chi connectivity index (χ1v) is 4.06. The Morgan fingerprint density at radius 1 is 1.36 bits per heavy atom. The van der Waals surface area contributed by atoms with Gasteiger partial charge in [-0.2, -0.15) is 0 Å². The molecule has 0 saturated carbocycles. The summed E-state index contributed by atoms with van der Waals surface area (Å²) in [7, 11) is 0. The van der Waals surface area contributed by atoms with Crippen LogP contribution in [0, 0.1) is 12.7 Å². The van der Waals surface area contributed by atoms with Gasteiger partial charge in [-0.1, -0.05) is 17.7 Å². The average Bonchev–Trinajstić information content (AvgIpc) is 2.11. The van der Waals surface area contributed by atoms with Gasteiger partial charge in [0.05, 0.1) is 0 Å². The molecule has 78 valence electrons. The first kappa shape index (κ1) is 11.0. The summed E-state index contributed by atoms with van der Waals surface area (Å²) in [6, 6.07) is 2.55. The van der Waals surface area contributed by atoms with Gasteiger partial charge in [0.2, 0.25) is 0 Å². The monoisotopic (exact) mass is 204 g/mol. The molecule has 0 bridgehead atoms. The zero-order chi connectivity index (χ0) is 10.7. The molecule has 1 aromatic rings. The van der Waals surface area contributed by atoms with E-state index in [4.69, 9.17) is 5.84 Å². The van der Waals surface area contributed by atoms with Crippen LogP contribution in [-0.2, 0) is 0 Å². The van der Waals surface area contributed by atoms with Crippen molar-refractivity contribution in [2.24, 2.45) is 5.84 Å². The van der Waals surface area contributed by atoms with E-state index in [1.807, 2.05) is 5.43 Å². The minimum atomic E-state index is -2.74. The maximum atomic E-state index is 13.1. The second-order valence-electron chi connectivity index (χ2n) is 3.00. The second-order valence-corrected chi connectivity index (χ2v) is 3.00. The van der Waals surface area contributed by atoms with E-state index in [9.17, 15) is 13.2 Å². The topological polar surface area (TPSA) is 38.0 Å². The molecule has 0 saturated heterocycles. The molecule has 0 aliphatic carbocycles. The summed E-state index contributed by atoms with van der Waals surface area (Å²) in [6.07, 6.45) is -2.74. The molecule has 0 radical (unpaired) electrons. The van der Waals surface area contributed by atoms with Gasteiger partial charge < -0.3 is 0 Å². The fraction of sp³-hybridized carbons (Fsp3) is 0.333. The van der Waals surface area contributed by atoms with Crippen molar-refractivity contribution in [3.8, 4) is 0 Å². The van der Waals surface area contributed by atoms with Crippen LogP contribution in [0.3, 0.4) is 0 Å². The SMILES string of the molecule is Cc1ccc(F)c(C(NN)C(F)F)c1. The lowest BCUT2D eigenvalue weighted by Crippen LogP contribution is -2.33. The minimum absolute atomic E-state index is 0.109. The molecule has 2 nitrogen and oxygen atoms in total. The molecule has 1 atom stereocenters. The van der Waals surface area contributed by atoms with Crippen LogP contribution in [0.25, 0.3) is 0 Å². The van der Waals surface area contributed by atoms with E-state index in [1.165, 1.54) is 12.1 Å². The molecule has 5 heteroatoms. The highest BCUT2D eigenvalue weighted by Gasteiger charge is 2.23. The van der Waals surface area contributed by atoms with Crippen molar-refractivity contribution < 1.29 is 13.2 Å². The molecule has 1 aromatic carbocycles. The van der Waals surface area contributed by atoms with E-state index < -0.39 is 18.3 Å². The summed E-state index contributed by atoms with van der Waals surface area (Å²) < 4.78 is 37.9. The molecule has 3 N–H and O–H groups in total. The second kappa shape index (κ2) is 4.43. The summed E-state index contributed by atoms with van der Waals surface area (Å²) in [5, 5.41) is 0. The van der Waals surface area contributed by atoms with Gasteiger partial charge >= 0.3 is 0 Å². The summed E-state index contributed by atoms with van der Waals surface area (Å²) >= 11 is 0. The maximum absolute atomic E-state index is 13.1. The van der Waals surface area contributed by atoms with Gasteiger partial charge in [-0.25, -0.2) is 18.6 Å². The maximum Gasteiger partial charge on any atom is 0.259 e. The highest BCUT2D eigenvalue weighted by Crippen LogP contribution is 2.23. The van der Waals surface area contributed by atoms with Crippen LogP contribution >= 0.6 is 0 Å². The Labute approximate surface area is 79.9 Å². The van der Waals surface area contributed by atoms with Crippen molar-refractivity contribution in [2.45, 2.75) is 19.4 Å². The van der Waals surface area contributed by atoms with Crippen molar-refractivity contribution in [3.63, 3.8) is 0 Å². The van der Waals surface area contributed by atoms with Crippen molar-refractivity contribution in [2.75, 3.05) is 0 Å². The fourth-order valence-corrected chi connectivity index (χ4v) is 1.20. The van der Waals surface area contributed by atoms with E-state index >= 15 is 0 Å². The Hall–Kier alpha value is -1.07. The highest BCUT2D eigenvalue weighted by molar-refractivity contribution is 5.27. The average molecular weight is 204 g/mol. The Morgan fingerprint density at radius 2 is 2.00 bits per heavy atom. The summed E-state index contributed by atoms with van der Waals surface area (Å²) in [5.41, 5.74) is 2.50. The van der Waals surface area contributed by atoms with Crippen LogP contribution in [0.15, 0.2) is 18.2 Å². The minimum Gasteiger partial charge on any atom is -0.271 e. The van der Waals surface area contributed by atoms with Crippen LogP contribution in [-0.4, -0.2) is 6.43 Å². The number of nitrogens with one attached hydrogen (secondary N) is 1. The third-order valence-electron chi connectivity index (χ3n) is 1.92. The zero-order valence-electron chi connectivity index (χ0n) is 7.60. The number of nitrogens with two attached hydrogens (primary N) is 1.